The van der Waals surface area contributed by atoms with Crippen LogP contribution in [0.25, 0.3) is 6.08 Å². The molecule has 54 valence electrons. The van der Waals surface area contributed by atoms with E-state index in [0.717, 1.165) is 16.1 Å². The summed E-state index contributed by atoms with van der Waals surface area (Å²) in [7, 11) is 0. The molecule has 0 radical (unpaired) electrons. The molecule has 0 atom stereocenters. The third kappa shape index (κ3) is 0.871. The third-order valence-electron chi connectivity index (χ3n) is 1.77. The second-order valence-electron chi connectivity index (χ2n) is 2.61. The molecular formula is C9H7NO. The summed E-state index contributed by atoms with van der Waals surface area (Å²) in [4.78, 5) is 14.7. The lowest BCUT2D eigenvalue weighted by atomic mass is 10.2. The molecule has 0 saturated carbocycles. The molecule has 1 aliphatic heterocycles. The Morgan fingerprint density at radius 1 is 1.36 bits per heavy atom. The van der Waals surface area contributed by atoms with Crippen molar-refractivity contribution in [2.24, 2.45) is 4.99 Å². The average molecular weight is 145 g/mol. The quantitative estimate of drug-likeness (QED) is 0.502. The number of nitrogens with zero attached hydrogens (tertiary/aromatic N) is 1. The Bertz CT molecular complexity index is 431. The lowest BCUT2D eigenvalue weighted by molar-refractivity contribution is -0.112. The fourth-order valence-corrected chi connectivity index (χ4v) is 1.23. The number of carbonyl (C=O) groups is 1. The van der Waals surface area contributed by atoms with Crippen LogP contribution in [0.2, 0.25) is 0 Å². The number of amides is 1. The van der Waals surface area contributed by atoms with Gasteiger partial charge in [0.25, 0.3) is 5.91 Å². The standard InChI is InChI=1S/C9H7NO/c1-6-3-2-4-7-5-8(11)10-9(6)7/h2-5H,1H3. The Hall–Kier alpha value is -1.44. The van der Waals surface area contributed by atoms with E-state index < -0.39 is 0 Å². The van der Waals surface area contributed by atoms with E-state index in [1.54, 1.807) is 6.08 Å². The van der Waals surface area contributed by atoms with Crippen molar-refractivity contribution in [1.29, 1.82) is 0 Å². The Balaban J connectivity index is 2.97. The van der Waals surface area contributed by atoms with Crippen LogP contribution < -0.4 is 10.6 Å². The van der Waals surface area contributed by atoms with Gasteiger partial charge in [-0.2, -0.15) is 0 Å². The molecule has 1 aliphatic rings. The first-order valence-electron chi connectivity index (χ1n) is 3.47. The van der Waals surface area contributed by atoms with Crippen molar-refractivity contribution in [1.82, 2.24) is 0 Å². The lowest BCUT2D eigenvalue weighted by Gasteiger charge is -1.87. The number of fused-ring (bicyclic) bond motifs is 1. The van der Waals surface area contributed by atoms with Crippen molar-refractivity contribution < 1.29 is 4.79 Å². The second-order valence-corrected chi connectivity index (χ2v) is 2.61. The minimum absolute atomic E-state index is 0.144. The molecule has 0 saturated heterocycles. The molecule has 0 aromatic heterocycles. The Morgan fingerprint density at radius 2 is 2.18 bits per heavy atom. The molecule has 0 fully saturated rings. The van der Waals surface area contributed by atoms with E-state index in [4.69, 9.17) is 0 Å². The van der Waals surface area contributed by atoms with Crippen LogP contribution in [0.3, 0.4) is 0 Å². The van der Waals surface area contributed by atoms with Gasteiger partial charge >= 0.3 is 0 Å². The van der Waals surface area contributed by atoms with Gasteiger partial charge in [-0.15, -0.1) is 0 Å². The fourth-order valence-electron chi connectivity index (χ4n) is 1.23. The van der Waals surface area contributed by atoms with E-state index in [2.05, 4.69) is 4.99 Å². The van der Waals surface area contributed by atoms with Gasteiger partial charge < -0.3 is 0 Å². The van der Waals surface area contributed by atoms with Crippen LogP contribution in [-0.4, -0.2) is 5.91 Å². The molecule has 2 nitrogen and oxygen atoms in total. The minimum atomic E-state index is -0.144. The van der Waals surface area contributed by atoms with Crippen molar-refractivity contribution in [3.05, 3.63) is 34.3 Å². The van der Waals surface area contributed by atoms with Gasteiger partial charge in [-0.1, -0.05) is 18.2 Å². The molecule has 2 heteroatoms. The summed E-state index contributed by atoms with van der Waals surface area (Å²) in [5.41, 5.74) is 1.06. The Labute approximate surface area is 63.9 Å². The maximum absolute atomic E-state index is 10.8. The number of hydrogen-bond donors (Lipinski definition) is 0. The van der Waals surface area contributed by atoms with Crippen LogP contribution in [0, 0.1) is 6.92 Å². The van der Waals surface area contributed by atoms with Gasteiger partial charge in [0.1, 0.15) is 0 Å². The summed E-state index contributed by atoms with van der Waals surface area (Å²) in [6, 6.07) is 5.78. The average Bonchev–Trinajstić information content (AvgIpc) is 2.31. The first kappa shape index (κ1) is 6.28. The molecule has 1 aromatic carbocycles. The molecule has 0 N–H and O–H groups in total. The van der Waals surface area contributed by atoms with Crippen molar-refractivity contribution in [2.75, 3.05) is 0 Å². The molecule has 1 amide bonds. The van der Waals surface area contributed by atoms with Crippen LogP contribution in [0.1, 0.15) is 5.56 Å². The summed E-state index contributed by atoms with van der Waals surface area (Å²) in [5, 5.41) is 1.77. The zero-order valence-corrected chi connectivity index (χ0v) is 6.16. The van der Waals surface area contributed by atoms with E-state index in [9.17, 15) is 4.79 Å². The highest BCUT2D eigenvalue weighted by molar-refractivity contribution is 6.06. The molecule has 0 aliphatic carbocycles. The monoisotopic (exact) mass is 145 g/mol. The third-order valence-corrected chi connectivity index (χ3v) is 1.77. The number of para-hydroxylation sites is 1. The van der Waals surface area contributed by atoms with E-state index >= 15 is 0 Å². The van der Waals surface area contributed by atoms with Gasteiger partial charge in [0, 0.05) is 11.3 Å². The highest BCUT2D eigenvalue weighted by atomic mass is 16.1. The SMILES string of the molecule is Cc1cccc2c1=NC(=O)C=2. The number of benzene rings is 1. The summed E-state index contributed by atoms with van der Waals surface area (Å²) in [5.74, 6) is -0.144. The zero-order chi connectivity index (χ0) is 7.84. The topological polar surface area (TPSA) is 29.4 Å². The highest BCUT2D eigenvalue weighted by Crippen LogP contribution is 1.88. The van der Waals surface area contributed by atoms with Gasteiger partial charge in [-0.3, -0.25) is 4.79 Å². The smallest absolute Gasteiger partial charge is 0.267 e. The molecule has 1 heterocycles. The van der Waals surface area contributed by atoms with Crippen LogP contribution >= 0.6 is 0 Å². The van der Waals surface area contributed by atoms with Gasteiger partial charge in [-0.25, -0.2) is 4.99 Å². The molecule has 11 heavy (non-hydrogen) atoms. The summed E-state index contributed by atoms with van der Waals surface area (Å²) in [6.45, 7) is 1.95. The van der Waals surface area contributed by atoms with Crippen molar-refractivity contribution in [3.63, 3.8) is 0 Å². The van der Waals surface area contributed by atoms with Crippen LogP contribution in [0.5, 0.6) is 0 Å². The van der Waals surface area contributed by atoms with Gasteiger partial charge in [-0.05, 0) is 12.5 Å². The molecular weight excluding hydrogens is 138 g/mol. The Morgan fingerprint density at radius 3 is 2.91 bits per heavy atom. The van der Waals surface area contributed by atoms with Gasteiger partial charge in [0.2, 0.25) is 0 Å². The minimum Gasteiger partial charge on any atom is -0.267 e. The number of aryl methyl sites for hydroxylation is 1. The summed E-state index contributed by atoms with van der Waals surface area (Å²) < 4.78 is 0. The van der Waals surface area contributed by atoms with Crippen molar-refractivity contribution in [2.45, 2.75) is 6.92 Å². The van der Waals surface area contributed by atoms with Crippen LogP contribution in [-0.2, 0) is 4.79 Å². The molecule has 0 unspecified atom stereocenters. The fraction of sp³-hybridized carbons (Fsp3) is 0.111. The first-order chi connectivity index (χ1) is 5.27. The molecule has 1 aromatic rings. The molecule has 0 spiro atoms. The number of carbonyl (C=O) groups excluding carboxylic acids is 1. The highest BCUT2D eigenvalue weighted by Gasteiger charge is 2.03. The maximum Gasteiger partial charge on any atom is 0.270 e. The maximum atomic E-state index is 10.8. The van der Waals surface area contributed by atoms with Crippen molar-refractivity contribution >= 4 is 12.0 Å². The van der Waals surface area contributed by atoms with E-state index in [0.29, 0.717) is 0 Å². The first-order valence-corrected chi connectivity index (χ1v) is 3.47. The van der Waals surface area contributed by atoms with Crippen molar-refractivity contribution in [3.8, 4) is 0 Å². The van der Waals surface area contributed by atoms with E-state index in [1.807, 2.05) is 25.1 Å². The number of hydrogen-bond acceptors (Lipinski definition) is 1. The summed E-state index contributed by atoms with van der Waals surface area (Å²) in [6.07, 6.45) is 1.56. The summed E-state index contributed by atoms with van der Waals surface area (Å²) >= 11 is 0. The predicted octanol–water partition coefficient (Wildman–Crippen LogP) is -0.0647. The number of rotatable bonds is 0. The molecule has 2 rings (SSSR count). The zero-order valence-electron chi connectivity index (χ0n) is 6.16. The Kier molecular flexibility index (Phi) is 1.15. The van der Waals surface area contributed by atoms with E-state index in [-0.39, 0.29) is 5.91 Å². The van der Waals surface area contributed by atoms with Crippen LogP contribution in [0.15, 0.2) is 23.2 Å². The van der Waals surface area contributed by atoms with Crippen LogP contribution in [0.4, 0.5) is 0 Å². The van der Waals surface area contributed by atoms with E-state index in [1.165, 1.54) is 0 Å². The van der Waals surface area contributed by atoms with Gasteiger partial charge in [0.05, 0.1) is 5.36 Å². The predicted molar refractivity (Wildman–Crippen MR) is 41.4 cm³/mol. The second kappa shape index (κ2) is 2.02. The normalized spacial score (nSPS) is 13.7. The largest absolute Gasteiger partial charge is 0.270 e. The lowest BCUT2D eigenvalue weighted by Crippen LogP contribution is -2.23. The molecule has 0 bridgehead atoms. The van der Waals surface area contributed by atoms with Gasteiger partial charge in [0.15, 0.2) is 0 Å².